The molecule has 1 heterocycles. The highest BCUT2D eigenvalue weighted by Gasteiger charge is 2.36. The number of benzene rings is 1. The number of aromatic amines is 1. The monoisotopic (exact) mass is 328 g/mol. The molecule has 0 fully saturated rings. The van der Waals surface area contributed by atoms with E-state index in [0.29, 0.717) is 5.52 Å². The van der Waals surface area contributed by atoms with Gasteiger partial charge in [0.05, 0.1) is 6.42 Å². The van der Waals surface area contributed by atoms with E-state index in [2.05, 4.69) is 4.98 Å². The van der Waals surface area contributed by atoms with E-state index < -0.39 is 30.5 Å². The van der Waals surface area contributed by atoms with Crippen LogP contribution in [0, 0.1) is 13.8 Å². The number of rotatable bonds is 4. The van der Waals surface area contributed by atoms with Crippen LogP contribution < -0.4 is 5.32 Å². The number of alkyl halides is 3. The van der Waals surface area contributed by atoms with Crippen molar-refractivity contribution >= 4 is 22.8 Å². The summed E-state index contributed by atoms with van der Waals surface area (Å²) in [5, 5.41) is 11.5. The number of nitrogens with one attached hydrogen (secondary N) is 2. The summed E-state index contributed by atoms with van der Waals surface area (Å²) in [4.78, 5) is 25.7. The number of carboxylic acids is 1. The molecule has 0 saturated heterocycles. The van der Waals surface area contributed by atoms with Gasteiger partial charge in [-0.05, 0) is 37.1 Å². The molecule has 0 saturated carbocycles. The second-order valence-corrected chi connectivity index (χ2v) is 5.41. The van der Waals surface area contributed by atoms with Crippen LogP contribution in [0.5, 0.6) is 0 Å². The van der Waals surface area contributed by atoms with E-state index in [0.717, 1.165) is 16.5 Å². The van der Waals surface area contributed by atoms with E-state index in [1.807, 2.05) is 25.2 Å². The van der Waals surface area contributed by atoms with Crippen LogP contribution in [0.3, 0.4) is 0 Å². The Kier molecular flexibility index (Phi) is 4.35. The molecule has 1 unspecified atom stereocenters. The lowest BCUT2D eigenvalue weighted by molar-refractivity contribution is -0.157. The van der Waals surface area contributed by atoms with Crippen molar-refractivity contribution < 1.29 is 27.9 Å². The standard InChI is InChI=1S/C15H15F3N2O3/c1-7-3-8(2)9-5-11(19-10(9)4-7)13(21)20-12(14(22)23)6-15(16,17)18/h3-5,12,19H,6H2,1-2H3,(H,20,21)(H,22,23). The minimum atomic E-state index is -4.69. The van der Waals surface area contributed by atoms with Crippen LogP contribution >= 0.6 is 0 Å². The molecule has 0 radical (unpaired) electrons. The predicted molar refractivity (Wildman–Crippen MR) is 77.3 cm³/mol. The van der Waals surface area contributed by atoms with E-state index in [1.165, 1.54) is 6.07 Å². The number of aryl methyl sites for hydroxylation is 2. The van der Waals surface area contributed by atoms with Crippen molar-refractivity contribution in [3.63, 3.8) is 0 Å². The van der Waals surface area contributed by atoms with Gasteiger partial charge in [0.25, 0.3) is 5.91 Å². The quantitative estimate of drug-likeness (QED) is 0.807. The van der Waals surface area contributed by atoms with Gasteiger partial charge in [0.1, 0.15) is 11.7 Å². The highest BCUT2D eigenvalue weighted by molar-refractivity contribution is 6.00. The van der Waals surface area contributed by atoms with Gasteiger partial charge in [0, 0.05) is 10.9 Å². The van der Waals surface area contributed by atoms with Crippen LogP contribution in [0.25, 0.3) is 10.9 Å². The molecular formula is C15H15F3N2O3. The maximum absolute atomic E-state index is 12.4. The number of halogens is 3. The van der Waals surface area contributed by atoms with E-state index in [4.69, 9.17) is 5.11 Å². The van der Waals surface area contributed by atoms with Crippen LogP contribution in [0.2, 0.25) is 0 Å². The van der Waals surface area contributed by atoms with E-state index >= 15 is 0 Å². The van der Waals surface area contributed by atoms with Crippen LogP contribution in [0.1, 0.15) is 28.0 Å². The second-order valence-electron chi connectivity index (χ2n) is 5.41. The first kappa shape index (κ1) is 16.9. The molecule has 0 bridgehead atoms. The molecule has 2 rings (SSSR count). The Morgan fingerprint density at radius 2 is 1.91 bits per heavy atom. The van der Waals surface area contributed by atoms with E-state index in [9.17, 15) is 22.8 Å². The summed E-state index contributed by atoms with van der Waals surface area (Å²) in [6.45, 7) is 3.71. The van der Waals surface area contributed by atoms with Gasteiger partial charge >= 0.3 is 12.1 Å². The Morgan fingerprint density at radius 3 is 2.48 bits per heavy atom. The predicted octanol–water partition coefficient (Wildman–Crippen LogP) is 2.92. The largest absolute Gasteiger partial charge is 0.480 e. The molecule has 124 valence electrons. The maximum Gasteiger partial charge on any atom is 0.391 e. The van der Waals surface area contributed by atoms with Gasteiger partial charge in [-0.2, -0.15) is 13.2 Å². The molecule has 0 aliphatic carbocycles. The Balaban J connectivity index is 2.26. The number of hydrogen-bond donors (Lipinski definition) is 3. The molecule has 1 aromatic carbocycles. The zero-order valence-corrected chi connectivity index (χ0v) is 12.4. The van der Waals surface area contributed by atoms with Crippen molar-refractivity contribution in [2.24, 2.45) is 0 Å². The van der Waals surface area contributed by atoms with Gasteiger partial charge in [-0.15, -0.1) is 0 Å². The fraction of sp³-hybridized carbons (Fsp3) is 0.333. The maximum atomic E-state index is 12.4. The lowest BCUT2D eigenvalue weighted by Gasteiger charge is -2.15. The third kappa shape index (κ3) is 4.02. The Bertz CT molecular complexity index is 765. The van der Waals surface area contributed by atoms with Crippen molar-refractivity contribution in [2.45, 2.75) is 32.5 Å². The topological polar surface area (TPSA) is 82.2 Å². The molecule has 8 heteroatoms. The molecular weight excluding hydrogens is 313 g/mol. The zero-order chi connectivity index (χ0) is 17.4. The van der Waals surface area contributed by atoms with Crippen molar-refractivity contribution in [2.75, 3.05) is 0 Å². The average molecular weight is 328 g/mol. The number of H-pyrrole nitrogens is 1. The third-order valence-electron chi connectivity index (χ3n) is 3.37. The van der Waals surface area contributed by atoms with Gasteiger partial charge in [0.15, 0.2) is 0 Å². The molecule has 0 aliphatic heterocycles. The van der Waals surface area contributed by atoms with Crippen molar-refractivity contribution in [3.05, 3.63) is 35.0 Å². The van der Waals surface area contributed by atoms with Crippen LogP contribution in [-0.4, -0.2) is 34.2 Å². The van der Waals surface area contributed by atoms with Gasteiger partial charge in [-0.3, -0.25) is 4.79 Å². The highest BCUT2D eigenvalue weighted by Crippen LogP contribution is 2.23. The fourth-order valence-electron chi connectivity index (χ4n) is 2.39. The number of carbonyl (C=O) groups excluding carboxylic acids is 1. The first-order valence-corrected chi connectivity index (χ1v) is 6.77. The summed E-state index contributed by atoms with van der Waals surface area (Å²) in [7, 11) is 0. The van der Waals surface area contributed by atoms with Gasteiger partial charge in [0.2, 0.25) is 0 Å². The summed E-state index contributed by atoms with van der Waals surface area (Å²) < 4.78 is 37.1. The normalized spacial score (nSPS) is 13.1. The smallest absolute Gasteiger partial charge is 0.391 e. The number of fused-ring (bicyclic) bond motifs is 1. The van der Waals surface area contributed by atoms with Gasteiger partial charge < -0.3 is 15.4 Å². The summed E-state index contributed by atoms with van der Waals surface area (Å²) in [6.07, 6.45) is -6.32. The summed E-state index contributed by atoms with van der Waals surface area (Å²) in [5.74, 6) is -2.63. The van der Waals surface area contributed by atoms with Gasteiger partial charge in [-0.25, -0.2) is 4.79 Å². The molecule has 0 spiro atoms. The number of hydrogen-bond acceptors (Lipinski definition) is 2. The third-order valence-corrected chi connectivity index (χ3v) is 3.37. The van der Waals surface area contributed by atoms with Crippen molar-refractivity contribution in [3.8, 4) is 0 Å². The van der Waals surface area contributed by atoms with E-state index in [-0.39, 0.29) is 5.69 Å². The highest BCUT2D eigenvalue weighted by atomic mass is 19.4. The first-order chi connectivity index (χ1) is 10.6. The van der Waals surface area contributed by atoms with Crippen LogP contribution in [-0.2, 0) is 4.79 Å². The van der Waals surface area contributed by atoms with Crippen LogP contribution in [0.4, 0.5) is 13.2 Å². The lowest BCUT2D eigenvalue weighted by atomic mass is 10.1. The van der Waals surface area contributed by atoms with E-state index in [1.54, 1.807) is 6.07 Å². The Labute approximate surface area is 129 Å². The molecule has 1 amide bonds. The second kappa shape index (κ2) is 5.94. The number of carboxylic acid groups (broad SMARTS) is 1. The summed E-state index contributed by atoms with van der Waals surface area (Å²) in [6, 6.07) is 3.16. The lowest BCUT2D eigenvalue weighted by Crippen LogP contribution is -2.43. The Morgan fingerprint density at radius 1 is 1.26 bits per heavy atom. The number of amides is 1. The zero-order valence-electron chi connectivity index (χ0n) is 12.4. The summed E-state index contributed by atoms with van der Waals surface area (Å²) in [5.41, 5.74) is 2.54. The SMILES string of the molecule is Cc1cc(C)c2cc(C(=O)NC(CC(F)(F)F)C(=O)O)[nH]c2c1. The molecule has 3 N–H and O–H groups in total. The fourth-order valence-corrected chi connectivity index (χ4v) is 2.39. The number of aromatic nitrogens is 1. The molecule has 1 atom stereocenters. The summed E-state index contributed by atoms with van der Waals surface area (Å²) >= 11 is 0. The number of carbonyl (C=O) groups is 2. The molecule has 2 aromatic rings. The molecule has 0 aliphatic rings. The minimum absolute atomic E-state index is 0.0159. The Hall–Kier alpha value is -2.51. The van der Waals surface area contributed by atoms with Crippen molar-refractivity contribution in [1.29, 1.82) is 0 Å². The molecule has 23 heavy (non-hydrogen) atoms. The van der Waals surface area contributed by atoms with Crippen LogP contribution in [0.15, 0.2) is 18.2 Å². The molecule has 1 aromatic heterocycles. The minimum Gasteiger partial charge on any atom is -0.480 e. The van der Waals surface area contributed by atoms with Crippen molar-refractivity contribution in [1.82, 2.24) is 10.3 Å². The molecule has 5 nitrogen and oxygen atoms in total. The average Bonchev–Trinajstić information content (AvgIpc) is 2.80. The number of aliphatic carboxylic acids is 1. The van der Waals surface area contributed by atoms with Gasteiger partial charge in [-0.1, -0.05) is 6.07 Å². The first-order valence-electron chi connectivity index (χ1n) is 6.77.